The number of sulfonamides is 1. The number of aryl methyl sites for hydroxylation is 1. The highest BCUT2D eigenvalue weighted by Crippen LogP contribution is 2.25. The molecular formula is C21H25N3O3S. The van der Waals surface area contributed by atoms with Crippen molar-refractivity contribution in [1.82, 2.24) is 14.9 Å². The molecule has 0 atom stereocenters. The molecule has 0 aliphatic carbocycles. The van der Waals surface area contributed by atoms with Gasteiger partial charge in [0.05, 0.1) is 12.3 Å². The lowest BCUT2D eigenvalue weighted by Crippen LogP contribution is -2.24. The average Bonchev–Trinajstić information content (AvgIpc) is 3.08. The Bertz CT molecular complexity index is 1050. The van der Waals surface area contributed by atoms with Crippen LogP contribution in [-0.4, -0.2) is 18.6 Å². The maximum atomic E-state index is 12.3. The van der Waals surface area contributed by atoms with Crippen molar-refractivity contribution in [3.63, 3.8) is 0 Å². The first-order valence-electron chi connectivity index (χ1n) is 9.09. The Labute approximate surface area is 166 Å². The highest BCUT2D eigenvalue weighted by Gasteiger charge is 2.16. The lowest BCUT2D eigenvalue weighted by Gasteiger charge is -2.18. The van der Waals surface area contributed by atoms with Crippen molar-refractivity contribution >= 4 is 10.0 Å². The number of aromatic nitrogens is 2. The summed E-state index contributed by atoms with van der Waals surface area (Å²) in [5.41, 5.74) is 3.86. The molecule has 0 saturated carbocycles. The molecule has 2 aromatic carbocycles. The number of nitrogens with zero attached hydrogens (tertiary/aromatic N) is 2. The molecule has 0 aliphatic rings. The van der Waals surface area contributed by atoms with Gasteiger partial charge in [-0.1, -0.05) is 80.0 Å². The number of nitrogens with one attached hydrogen (secondary N) is 1. The van der Waals surface area contributed by atoms with Gasteiger partial charge in [-0.3, -0.25) is 0 Å². The average molecular weight is 400 g/mol. The molecule has 7 heteroatoms. The van der Waals surface area contributed by atoms with Crippen LogP contribution in [0.5, 0.6) is 0 Å². The van der Waals surface area contributed by atoms with Crippen LogP contribution in [-0.2, 0) is 27.7 Å². The summed E-state index contributed by atoms with van der Waals surface area (Å²) < 4.78 is 32.3. The second-order valence-electron chi connectivity index (χ2n) is 7.91. The minimum atomic E-state index is -3.50. The van der Waals surface area contributed by atoms with E-state index in [4.69, 9.17) is 4.52 Å². The van der Waals surface area contributed by atoms with E-state index in [1.54, 1.807) is 6.07 Å². The summed E-state index contributed by atoms with van der Waals surface area (Å²) in [6, 6.07) is 15.4. The minimum absolute atomic E-state index is 0.0405. The normalized spacial score (nSPS) is 12.3. The lowest BCUT2D eigenvalue weighted by molar-refractivity contribution is 0.376. The Morgan fingerprint density at radius 3 is 2.43 bits per heavy atom. The second-order valence-corrected chi connectivity index (χ2v) is 9.72. The van der Waals surface area contributed by atoms with Crippen LogP contribution in [0.15, 0.2) is 53.1 Å². The van der Waals surface area contributed by atoms with Gasteiger partial charge in [-0.15, -0.1) is 0 Å². The van der Waals surface area contributed by atoms with E-state index in [1.165, 1.54) is 5.56 Å². The number of hydrogen-bond acceptors (Lipinski definition) is 5. The Morgan fingerprint density at radius 1 is 1.07 bits per heavy atom. The summed E-state index contributed by atoms with van der Waals surface area (Å²) in [6.07, 6.45) is 0. The van der Waals surface area contributed by atoms with Gasteiger partial charge in [0.25, 0.3) is 0 Å². The Morgan fingerprint density at radius 2 is 1.79 bits per heavy atom. The molecule has 0 fully saturated rings. The van der Waals surface area contributed by atoms with E-state index in [0.29, 0.717) is 5.82 Å². The van der Waals surface area contributed by atoms with Gasteiger partial charge in [-0.25, -0.2) is 13.1 Å². The second kappa shape index (κ2) is 7.85. The lowest BCUT2D eigenvalue weighted by atomic mass is 9.87. The van der Waals surface area contributed by atoms with Gasteiger partial charge in [-0.05, 0) is 23.5 Å². The molecule has 28 heavy (non-hydrogen) atoms. The maximum absolute atomic E-state index is 12.3. The van der Waals surface area contributed by atoms with Crippen molar-refractivity contribution < 1.29 is 12.9 Å². The van der Waals surface area contributed by atoms with Gasteiger partial charge in [0.1, 0.15) is 0 Å². The molecule has 0 spiro atoms. The molecule has 6 nitrogen and oxygen atoms in total. The fourth-order valence-electron chi connectivity index (χ4n) is 2.81. The topological polar surface area (TPSA) is 85.1 Å². The first-order valence-corrected chi connectivity index (χ1v) is 10.7. The minimum Gasteiger partial charge on any atom is -0.338 e. The third-order valence-electron chi connectivity index (χ3n) is 4.36. The zero-order valence-corrected chi connectivity index (χ0v) is 17.4. The first kappa shape index (κ1) is 20.2. The molecule has 3 rings (SSSR count). The molecule has 0 bridgehead atoms. The van der Waals surface area contributed by atoms with Crippen molar-refractivity contribution in [3.8, 4) is 11.4 Å². The molecule has 0 unspecified atom stereocenters. The monoisotopic (exact) mass is 399 g/mol. The van der Waals surface area contributed by atoms with Crippen LogP contribution < -0.4 is 4.72 Å². The van der Waals surface area contributed by atoms with Crippen LogP contribution in [0.4, 0.5) is 0 Å². The van der Waals surface area contributed by atoms with E-state index in [-0.39, 0.29) is 23.6 Å². The maximum Gasteiger partial charge on any atom is 0.242 e. The zero-order valence-electron chi connectivity index (χ0n) is 16.6. The van der Waals surface area contributed by atoms with Gasteiger partial charge in [-0.2, -0.15) is 4.98 Å². The zero-order chi connectivity index (χ0) is 20.4. The van der Waals surface area contributed by atoms with E-state index < -0.39 is 10.0 Å². The Balaban J connectivity index is 1.64. The first-order chi connectivity index (χ1) is 13.1. The van der Waals surface area contributed by atoms with Crippen molar-refractivity contribution in [2.75, 3.05) is 0 Å². The highest BCUT2D eigenvalue weighted by molar-refractivity contribution is 7.88. The largest absolute Gasteiger partial charge is 0.338 e. The van der Waals surface area contributed by atoms with Gasteiger partial charge >= 0.3 is 0 Å². The van der Waals surface area contributed by atoms with E-state index >= 15 is 0 Å². The van der Waals surface area contributed by atoms with Gasteiger partial charge in [0.2, 0.25) is 21.7 Å². The van der Waals surface area contributed by atoms with Crippen molar-refractivity contribution in [3.05, 3.63) is 71.1 Å². The van der Waals surface area contributed by atoms with Crippen LogP contribution in [0.1, 0.15) is 43.4 Å². The van der Waals surface area contributed by atoms with Crippen LogP contribution in [0.3, 0.4) is 0 Å². The summed E-state index contributed by atoms with van der Waals surface area (Å²) in [6.45, 7) is 8.34. The number of benzene rings is 2. The van der Waals surface area contributed by atoms with Crippen LogP contribution in [0.2, 0.25) is 0 Å². The molecule has 0 saturated heterocycles. The van der Waals surface area contributed by atoms with Gasteiger partial charge < -0.3 is 4.52 Å². The third-order valence-corrected chi connectivity index (χ3v) is 5.66. The molecule has 1 heterocycles. The standard InChI is InChI=1S/C21H25N3O3S/c1-15-6-5-7-16(12-15)14-28(25,26)22-13-19-23-20(24-27-19)17-8-10-18(11-9-17)21(2,3)4/h5-12,22H,13-14H2,1-4H3. The predicted octanol–water partition coefficient (Wildman–Crippen LogP) is 3.96. The molecule has 0 amide bonds. The Hall–Kier alpha value is -2.51. The molecule has 3 aromatic rings. The van der Waals surface area contributed by atoms with Gasteiger partial charge in [0.15, 0.2) is 0 Å². The molecule has 1 aromatic heterocycles. The quantitative estimate of drug-likeness (QED) is 0.678. The van der Waals surface area contributed by atoms with Crippen LogP contribution in [0, 0.1) is 6.92 Å². The highest BCUT2D eigenvalue weighted by atomic mass is 32.2. The van der Waals surface area contributed by atoms with Crippen LogP contribution >= 0.6 is 0 Å². The van der Waals surface area contributed by atoms with E-state index in [2.05, 4.69) is 35.6 Å². The van der Waals surface area contributed by atoms with E-state index in [1.807, 2.05) is 49.4 Å². The van der Waals surface area contributed by atoms with Gasteiger partial charge in [0, 0.05) is 5.56 Å². The van der Waals surface area contributed by atoms with Crippen molar-refractivity contribution in [2.24, 2.45) is 0 Å². The predicted molar refractivity (Wildman–Crippen MR) is 109 cm³/mol. The molecule has 0 aliphatic heterocycles. The SMILES string of the molecule is Cc1cccc(CS(=O)(=O)NCc2nc(-c3ccc(C(C)(C)C)cc3)no2)c1. The fourth-order valence-corrected chi connectivity index (χ4v) is 3.87. The smallest absolute Gasteiger partial charge is 0.242 e. The molecule has 1 N–H and O–H groups in total. The van der Waals surface area contributed by atoms with Crippen molar-refractivity contribution in [2.45, 2.75) is 45.4 Å². The summed E-state index contributed by atoms with van der Waals surface area (Å²) in [5, 5.41) is 3.95. The van der Waals surface area contributed by atoms with E-state index in [0.717, 1.165) is 16.7 Å². The molecule has 148 valence electrons. The van der Waals surface area contributed by atoms with E-state index in [9.17, 15) is 8.42 Å². The summed E-state index contributed by atoms with van der Waals surface area (Å²) in [5.74, 6) is 0.570. The summed E-state index contributed by atoms with van der Waals surface area (Å²) in [4.78, 5) is 4.29. The number of rotatable bonds is 6. The fraction of sp³-hybridized carbons (Fsp3) is 0.333. The summed E-state index contributed by atoms with van der Waals surface area (Å²) in [7, 11) is -3.50. The van der Waals surface area contributed by atoms with Crippen molar-refractivity contribution in [1.29, 1.82) is 0 Å². The van der Waals surface area contributed by atoms with Crippen LogP contribution in [0.25, 0.3) is 11.4 Å². The molecular weight excluding hydrogens is 374 g/mol. The molecule has 0 radical (unpaired) electrons. The third kappa shape index (κ3) is 5.27. The number of hydrogen-bond donors (Lipinski definition) is 1. The summed E-state index contributed by atoms with van der Waals surface area (Å²) >= 11 is 0. The Kier molecular flexibility index (Phi) is 5.67.